The zero-order valence-corrected chi connectivity index (χ0v) is 13.2. The van der Waals surface area contributed by atoms with E-state index in [1.165, 1.54) is 37.8 Å². The molecule has 1 aromatic carbocycles. The monoisotopic (exact) mass is 315 g/mol. The van der Waals surface area contributed by atoms with Crippen LogP contribution in [0.3, 0.4) is 0 Å². The number of benzene rings is 1. The van der Waals surface area contributed by atoms with E-state index in [2.05, 4.69) is 10.5 Å². The molecule has 0 unspecified atom stereocenters. The third kappa shape index (κ3) is 3.57. The molecule has 0 aliphatic heterocycles. The molecule has 3 rings (SSSR count). The van der Waals surface area contributed by atoms with Gasteiger partial charge in [-0.1, -0.05) is 18.6 Å². The van der Waals surface area contributed by atoms with Gasteiger partial charge in [-0.3, -0.25) is 14.9 Å². The van der Waals surface area contributed by atoms with Crippen LogP contribution in [0.4, 0.5) is 5.69 Å². The minimum absolute atomic E-state index is 0.0271. The van der Waals surface area contributed by atoms with Gasteiger partial charge in [0.15, 0.2) is 0 Å². The molecule has 0 radical (unpaired) electrons. The van der Waals surface area contributed by atoms with Crippen LogP contribution in [0.25, 0.3) is 0 Å². The van der Waals surface area contributed by atoms with Crippen molar-refractivity contribution in [3.8, 4) is 0 Å². The van der Waals surface area contributed by atoms with Crippen LogP contribution in [0.15, 0.2) is 29.4 Å². The lowest BCUT2D eigenvalue weighted by Gasteiger charge is -2.21. The van der Waals surface area contributed by atoms with E-state index in [0.717, 1.165) is 23.1 Å². The van der Waals surface area contributed by atoms with Crippen LogP contribution in [0.1, 0.15) is 38.2 Å². The molecule has 0 saturated heterocycles. The summed E-state index contributed by atoms with van der Waals surface area (Å²) >= 11 is 0. The summed E-state index contributed by atoms with van der Waals surface area (Å²) in [4.78, 5) is 22.1. The van der Waals surface area contributed by atoms with Crippen molar-refractivity contribution in [1.29, 1.82) is 0 Å². The number of rotatable bonds is 5. The van der Waals surface area contributed by atoms with Gasteiger partial charge in [-0.15, -0.1) is 0 Å². The first-order chi connectivity index (χ1) is 11.0. The van der Waals surface area contributed by atoms with Crippen LogP contribution in [0.2, 0.25) is 0 Å². The minimum atomic E-state index is -0.452. The van der Waals surface area contributed by atoms with Gasteiger partial charge in [-0.2, -0.15) is 5.10 Å². The summed E-state index contributed by atoms with van der Waals surface area (Å²) in [6, 6.07) is 6.02. The standard InChI is InChI=1S/C17H21N3O3/c1-11(16-9-13-2-5-14(16)8-13)18-19-17(21)10-12-3-6-15(7-4-12)20(22)23/h3-4,6-7,13-14,16H,2,5,8-10H2,1H3,(H,19,21)/b18-11+/t13-,14+,16-/m0/s1. The Kier molecular flexibility index (Phi) is 4.41. The molecule has 0 heterocycles. The van der Waals surface area contributed by atoms with Crippen molar-refractivity contribution in [2.45, 2.75) is 39.0 Å². The maximum atomic E-state index is 12.0. The van der Waals surface area contributed by atoms with E-state index in [4.69, 9.17) is 0 Å². The Balaban J connectivity index is 1.53. The zero-order valence-electron chi connectivity index (χ0n) is 13.2. The summed E-state index contributed by atoms with van der Waals surface area (Å²) in [6.45, 7) is 2.00. The maximum absolute atomic E-state index is 12.0. The predicted molar refractivity (Wildman–Crippen MR) is 87.0 cm³/mol. The Bertz CT molecular complexity index is 639. The molecule has 3 atom stereocenters. The first-order valence-electron chi connectivity index (χ1n) is 8.09. The van der Waals surface area contributed by atoms with Crippen molar-refractivity contribution in [3.63, 3.8) is 0 Å². The van der Waals surface area contributed by atoms with Crippen molar-refractivity contribution >= 4 is 17.3 Å². The van der Waals surface area contributed by atoms with Gasteiger partial charge in [0.05, 0.1) is 11.3 Å². The van der Waals surface area contributed by atoms with Gasteiger partial charge in [0.25, 0.3) is 5.69 Å². The highest BCUT2D eigenvalue weighted by Gasteiger charge is 2.40. The smallest absolute Gasteiger partial charge is 0.269 e. The summed E-state index contributed by atoms with van der Waals surface area (Å²) in [5.41, 5.74) is 4.41. The molecular formula is C17H21N3O3. The average molecular weight is 315 g/mol. The Labute approximate surface area is 135 Å². The van der Waals surface area contributed by atoms with Gasteiger partial charge >= 0.3 is 0 Å². The molecule has 0 spiro atoms. The minimum Gasteiger partial charge on any atom is -0.273 e. The second-order valence-corrected chi connectivity index (χ2v) is 6.67. The number of nitro groups is 1. The quantitative estimate of drug-likeness (QED) is 0.515. The molecule has 2 aliphatic carbocycles. The molecule has 2 bridgehead atoms. The van der Waals surface area contributed by atoms with E-state index in [-0.39, 0.29) is 18.0 Å². The lowest BCUT2D eigenvalue weighted by Crippen LogP contribution is -2.25. The van der Waals surface area contributed by atoms with Crippen molar-refractivity contribution in [2.75, 3.05) is 0 Å². The van der Waals surface area contributed by atoms with E-state index in [0.29, 0.717) is 5.92 Å². The van der Waals surface area contributed by atoms with E-state index >= 15 is 0 Å². The first kappa shape index (κ1) is 15.6. The fraction of sp³-hybridized carbons (Fsp3) is 0.529. The highest BCUT2D eigenvalue weighted by Crippen LogP contribution is 2.48. The van der Waals surface area contributed by atoms with E-state index in [9.17, 15) is 14.9 Å². The molecule has 1 N–H and O–H groups in total. The van der Waals surface area contributed by atoms with E-state index < -0.39 is 4.92 Å². The van der Waals surface area contributed by atoms with Crippen LogP contribution < -0.4 is 5.43 Å². The summed E-state index contributed by atoms with van der Waals surface area (Å²) in [6.07, 6.45) is 5.33. The molecule has 23 heavy (non-hydrogen) atoms. The molecule has 6 nitrogen and oxygen atoms in total. The number of hydrazone groups is 1. The Morgan fingerprint density at radius 2 is 2.04 bits per heavy atom. The third-order valence-electron chi connectivity index (χ3n) is 5.14. The fourth-order valence-electron chi connectivity index (χ4n) is 3.95. The van der Waals surface area contributed by atoms with Crippen LogP contribution >= 0.6 is 0 Å². The Morgan fingerprint density at radius 3 is 2.61 bits per heavy atom. The number of carbonyl (C=O) groups is 1. The third-order valence-corrected chi connectivity index (χ3v) is 5.14. The summed E-state index contributed by atoms with van der Waals surface area (Å²) in [5, 5.41) is 14.9. The van der Waals surface area contributed by atoms with E-state index in [1.54, 1.807) is 12.1 Å². The number of fused-ring (bicyclic) bond motifs is 2. The zero-order chi connectivity index (χ0) is 16.4. The maximum Gasteiger partial charge on any atom is 0.269 e. The highest BCUT2D eigenvalue weighted by molar-refractivity contribution is 5.87. The van der Waals surface area contributed by atoms with Gasteiger partial charge in [0.1, 0.15) is 0 Å². The average Bonchev–Trinajstić information content (AvgIpc) is 3.16. The fourth-order valence-corrected chi connectivity index (χ4v) is 3.95. The highest BCUT2D eigenvalue weighted by atomic mass is 16.6. The van der Waals surface area contributed by atoms with Gasteiger partial charge < -0.3 is 0 Å². The van der Waals surface area contributed by atoms with Crippen molar-refractivity contribution < 1.29 is 9.72 Å². The molecule has 2 aliphatic rings. The van der Waals surface area contributed by atoms with Crippen LogP contribution in [0, 0.1) is 27.9 Å². The molecule has 1 aromatic rings. The van der Waals surface area contributed by atoms with Crippen LogP contribution in [0.5, 0.6) is 0 Å². The summed E-state index contributed by atoms with van der Waals surface area (Å²) in [7, 11) is 0. The summed E-state index contributed by atoms with van der Waals surface area (Å²) in [5.74, 6) is 1.93. The molecular weight excluding hydrogens is 294 g/mol. The van der Waals surface area contributed by atoms with Crippen LogP contribution in [-0.2, 0) is 11.2 Å². The molecule has 6 heteroatoms. The molecule has 1 amide bonds. The van der Waals surface area contributed by atoms with Gasteiger partial charge in [0, 0.05) is 23.8 Å². The summed E-state index contributed by atoms with van der Waals surface area (Å²) < 4.78 is 0. The largest absolute Gasteiger partial charge is 0.273 e. The number of nitrogens with zero attached hydrogens (tertiary/aromatic N) is 2. The molecule has 0 aromatic heterocycles. The normalized spacial score (nSPS) is 26.3. The number of hydrogen-bond acceptors (Lipinski definition) is 4. The molecule has 2 saturated carbocycles. The number of amides is 1. The predicted octanol–water partition coefficient (Wildman–Crippen LogP) is 3.07. The number of carbonyl (C=O) groups excluding carboxylic acids is 1. The van der Waals surface area contributed by atoms with Crippen molar-refractivity contribution in [3.05, 3.63) is 39.9 Å². The lowest BCUT2D eigenvalue weighted by atomic mass is 9.86. The second kappa shape index (κ2) is 6.48. The SMILES string of the molecule is C/C(=N\NC(=O)Cc1ccc([N+](=O)[O-])cc1)[C@@H]1C[C@H]2CC[C@@H]1C2. The number of nitrogens with one attached hydrogen (secondary N) is 1. The van der Waals surface area contributed by atoms with Gasteiger partial charge in [-0.05, 0) is 43.6 Å². The van der Waals surface area contributed by atoms with E-state index in [1.807, 2.05) is 6.92 Å². The Morgan fingerprint density at radius 1 is 1.30 bits per heavy atom. The lowest BCUT2D eigenvalue weighted by molar-refractivity contribution is -0.384. The van der Waals surface area contributed by atoms with Gasteiger partial charge in [-0.25, -0.2) is 5.43 Å². The first-order valence-corrected chi connectivity index (χ1v) is 8.09. The Hall–Kier alpha value is -2.24. The topological polar surface area (TPSA) is 84.6 Å². The van der Waals surface area contributed by atoms with Crippen molar-refractivity contribution in [2.24, 2.45) is 22.9 Å². The second-order valence-electron chi connectivity index (χ2n) is 6.67. The number of hydrogen-bond donors (Lipinski definition) is 1. The number of non-ortho nitro benzene ring substituents is 1. The molecule has 122 valence electrons. The van der Waals surface area contributed by atoms with Crippen molar-refractivity contribution in [1.82, 2.24) is 5.43 Å². The molecule has 2 fully saturated rings. The number of nitro benzene ring substituents is 1. The van der Waals surface area contributed by atoms with Crippen LogP contribution in [-0.4, -0.2) is 16.5 Å². The van der Waals surface area contributed by atoms with Gasteiger partial charge in [0.2, 0.25) is 5.91 Å².